The molecule has 1 fully saturated rings. The molecule has 2 aliphatic rings. The van der Waals surface area contributed by atoms with Gasteiger partial charge in [-0.3, -0.25) is 0 Å². The van der Waals surface area contributed by atoms with Gasteiger partial charge < -0.3 is 26.0 Å². The Labute approximate surface area is 558 Å². The van der Waals surface area contributed by atoms with Crippen LogP contribution in [0.1, 0.15) is 47.9 Å². The second kappa shape index (κ2) is 28.0. The third-order valence-electron chi connectivity index (χ3n) is 18.1. The lowest BCUT2D eigenvalue weighted by atomic mass is 9.91. The fourth-order valence-electron chi connectivity index (χ4n) is 13.5. The van der Waals surface area contributed by atoms with Gasteiger partial charge in [-0.15, -0.1) is 0 Å². The van der Waals surface area contributed by atoms with Crippen LogP contribution in [0.15, 0.2) is 328 Å². The van der Waals surface area contributed by atoms with Crippen LogP contribution in [0.5, 0.6) is 0 Å². The smallest absolute Gasteiger partial charge is 0.0620 e. The van der Waals surface area contributed by atoms with Crippen molar-refractivity contribution in [1.82, 2.24) is 14.5 Å². The van der Waals surface area contributed by atoms with Crippen LogP contribution in [0.3, 0.4) is 0 Å². The van der Waals surface area contributed by atoms with Crippen molar-refractivity contribution < 1.29 is 0 Å². The van der Waals surface area contributed by atoms with E-state index in [-0.39, 0.29) is 12.1 Å². The lowest BCUT2D eigenvalue weighted by Crippen LogP contribution is -2.43. The number of benzene rings is 12. The van der Waals surface area contributed by atoms with Crippen molar-refractivity contribution in [3.63, 3.8) is 0 Å². The minimum Gasteiger partial charge on any atom is -0.354 e. The zero-order valence-corrected chi connectivity index (χ0v) is 54.0. The molecule has 0 unspecified atom stereocenters. The molecule has 6 heteroatoms. The van der Waals surface area contributed by atoms with Gasteiger partial charge in [0.15, 0.2) is 0 Å². The summed E-state index contributed by atoms with van der Waals surface area (Å²) in [5.74, 6) is 0. The van der Waals surface area contributed by atoms with Crippen molar-refractivity contribution in [2.75, 3.05) is 0 Å². The molecule has 0 saturated heterocycles. The van der Waals surface area contributed by atoms with E-state index in [4.69, 9.17) is 11.5 Å². The van der Waals surface area contributed by atoms with E-state index in [1.165, 1.54) is 138 Å². The number of allylic oxidation sites excluding steroid dienone is 1. The molecule has 6 N–H and O–H groups in total. The van der Waals surface area contributed by atoms with E-state index in [0.717, 1.165) is 36.2 Å². The number of nitrogens with zero attached hydrogens (tertiary/aromatic N) is 1. The maximum Gasteiger partial charge on any atom is 0.0620 e. The molecule has 93 heavy (non-hydrogen) atoms. The van der Waals surface area contributed by atoms with Crippen molar-refractivity contribution in [1.29, 1.82) is 0 Å². The molecule has 15 aromatic rings. The molecular formula is C87H72IN5. The van der Waals surface area contributed by atoms with E-state index in [1.807, 2.05) is 6.07 Å². The summed E-state index contributed by atoms with van der Waals surface area (Å²) >= 11 is 2.32. The van der Waals surface area contributed by atoms with Crippen molar-refractivity contribution in [2.45, 2.75) is 44.2 Å². The number of rotatable bonds is 9. The Morgan fingerprint density at radius 2 is 0.720 bits per heavy atom. The maximum absolute atomic E-state index is 5.65. The van der Waals surface area contributed by atoms with E-state index in [2.05, 4.69) is 359 Å². The number of aromatic amines is 2. The average Bonchev–Trinajstić information content (AvgIpc) is 1.58. The van der Waals surface area contributed by atoms with Crippen molar-refractivity contribution >= 4 is 66.4 Å². The number of nitrogens with two attached hydrogens (primary N) is 2. The summed E-state index contributed by atoms with van der Waals surface area (Å²) in [5.41, 5.74) is 38.6. The van der Waals surface area contributed by atoms with Gasteiger partial charge >= 0.3 is 0 Å². The fourth-order valence-corrected chi connectivity index (χ4v) is 13.9. The number of hydrogen-bond donors (Lipinski definition) is 4. The Hall–Kier alpha value is -10.4. The molecule has 17 rings (SSSR count). The molecule has 2 atom stereocenters. The van der Waals surface area contributed by atoms with E-state index in [1.54, 1.807) is 0 Å². The molecule has 0 radical (unpaired) electrons. The van der Waals surface area contributed by atoms with Crippen LogP contribution in [0.2, 0.25) is 0 Å². The van der Waals surface area contributed by atoms with E-state index in [9.17, 15) is 0 Å². The predicted octanol–water partition coefficient (Wildman–Crippen LogP) is 22.3. The normalized spacial score (nSPS) is 14.1. The standard InChI is InChI=1S/C40H28N2.C29H21N.C12H9I.C6H14N2/c1-4-14-28(15-5-1)29-24-26-32(27-25-29)42-36-23-13-11-21-34(36)38(40(42)31-18-8-3-9-19-31)37-33-20-10-12-22-35(33)41-39(37)30-16-6-2-7-17-30;1-3-11-20(12-4-1)25-19-22-15-7-8-16-23(22)27(25)28-24-17-9-10-18-26(24)30-29(28)21-13-5-2-6-14-21;13-12-8-6-11(7-9-12)10-4-2-1-3-5-10;7-5-3-1-2-4-6(5)8/h1-27,41H;1-18,30H,19H2;1-9H;5-6H,1-4,7-8H2/t;;;5-,6+. The third-order valence-corrected chi connectivity index (χ3v) is 18.8. The molecule has 0 amide bonds. The predicted molar refractivity (Wildman–Crippen MR) is 402 cm³/mol. The topological polar surface area (TPSA) is 88.5 Å². The summed E-state index contributed by atoms with van der Waals surface area (Å²) in [6, 6.07) is 117. The Balaban J connectivity index is 0.000000126. The average molecular weight is 1310 g/mol. The monoisotopic (exact) mass is 1310 g/mol. The highest BCUT2D eigenvalue weighted by Crippen LogP contribution is 2.50. The van der Waals surface area contributed by atoms with Gasteiger partial charge in [0.25, 0.3) is 0 Å². The molecule has 3 aromatic heterocycles. The maximum atomic E-state index is 5.65. The summed E-state index contributed by atoms with van der Waals surface area (Å²) < 4.78 is 3.71. The molecule has 2 aliphatic carbocycles. The first-order valence-electron chi connectivity index (χ1n) is 32.3. The minimum atomic E-state index is 0.281. The van der Waals surface area contributed by atoms with Crippen molar-refractivity contribution in [3.05, 3.63) is 353 Å². The number of fused-ring (bicyclic) bond motifs is 4. The SMILES string of the molecule is Ic1ccc(-c2ccccc2)cc1.N[C@@H]1CCCC[C@@H]1N.c1ccc(-c2ccc(-n3c(-c4ccccc4)c(-c4c(-c5ccccc5)[nH]c5ccccc45)c4ccccc43)cc2)cc1.c1ccc(C2=C(c3c(-c4ccccc4)[nH]c4ccccc34)c3ccccc3C2)cc1. The summed E-state index contributed by atoms with van der Waals surface area (Å²) in [4.78, 5) is 7.51. The van der Waals surface area contributed by atoms with Gasteiger partial charge in [0.1, 0.15) is 0 Å². The number of nitrogens with one attached hydrogen (secondary N) is 2. The Kier molecular flexibility index (Phi) is 18.2. The number of para-hydroxylation sites is 3. The summed E-state index contributed by atoms with van der Waals surface area (Å²) in [6.07, 6.45) is 5.76. The third kappa shape index (κ3) is 12.9. The van der Waals surface area contributed by atoms with Crippen LogP contribution in [0.4, 0.5) is 0 Å². The molecule has 452 valence electrons. The second-order valence-corrected chi connectivity index (χ2v) is 25.2. The Bertz CT molecular complexity index is 4990. The van der Waals surface area contributed by atoms with Crippen molar-refractivity contribution in [3.8, 4) is 72.8 Å². The van der Waals surface area contributed by atoms with Crippen molar-refractivity contribution in [2.24, 2.45) is 11.5 Å². The molecule has 3 heterocycles. The van der Waals surface area contributed by atoms with Crippen LogP contribution in [-0.4, -0.2) is 26.6 Å². The van der Waals surface area contributed by atoms with Crippen LogP contribution in [-0.2, 0) is 6.42 Å². The number of hydrogen-bond acceptors (Lipinski definition) is 2. The second-order valence-electron chi connectivity index (χ2n) is 24.0. The van der Waals surface area contributed by atoms with Gasteiger partial charge in [-0.25, -0.2) is 0 Å². The molecule has 0 bridgehead atoms. The molecular weight excluding hydrogens is 1240 g/mol. The van der Waals surface area contributed by atoms with Gasteiger partial charge in [0.2, 0.25) is 0 Å². The first-order chi connectivity index (χ1) is 45.9. The van der Waals surface area contributed by atoms with Gasteiger partial charge in [0.05, 0.1) is 22.6 Å². The quantitative estimate of drug-likeness (QED) is 0.109. The van der Waals surface area contributed by atoms with Gasteiger partial charge in [-0.1, -0.05) is 298 Å². The summed E-state index contributed by atoms with van der Waals surface area (Å²) in [5, 5.41) is 3.72. The highest BCUT2D eigenvalue weighted by atomic mass is 127. The lowest BCUT2D eigenvalue weighted by molar-refractivity contribution is 0.385. The summed E-state index contributed by atoms with van der Waals surface area (Å²) in [7, 11) is 0. The Morgan fingerprint density at radius 1 is 0.333 bits per heavy atom. The Morgan fingerprint density at radius 3 is 1.24 bits per heavy atom. The lowest BCUT2D eigenvalue weighted by Gasteiger charge is -2.24. The number of H-pyrrole nitrogens is 2. The van der Waals surface area contributed by atoms with E-state index < -0.39 is 0 Å². The molecule has 5 nitrogen and oxygen atoms in total. The molecule has 1 saturated carbocycles. The molecule has 0 spiro atoms. The highest BCUT2D eigenvalue weighted by Gasteiger charge is 2.29. The molecule has 12 aromatic carbocycles. The first kappa shape index (κ1) is 60.2. The summed E-state index contributed by atoms with van der Waals surface area (Å²) in [6.45, 7) is 0. The van der Waals surface area contributed by atoms with Crippen LogP contribution in [0.25, 0.3) is 117 Å². The van der Waals surface area contributed by atoms with Gasteiger partial charge in [-0.2, -0.15) is 0 Å². The number of aromatic nitrogens is 3. The highest BCUT2D eigenvalue weighted by molar-refractivity contribution is 14.1. The minimum absolute atomic E-state index is 0.281. The van der Waals surface area contributed by atoms with Crippen LogP contribution < -0.4 is 11.5 Å². The zero-order chi connectivity index (χ0) is 62.9. The van der Waals surface area contributed by atoms with E-state index in [0.29, 0.717) is 0 Å². The van der Waals surface area contributed by atoms with E-state index >= 15 is 0 Å². The number of halogens is 1. The molecule has 0 aliphatic heterocycles. The zero-order valence-electron chi connectivity index (χ0n) is 51.8. The fraction of sp³-hybridized carbons (Fsp3) is 0.0805. The van der Waals surface area contributed by atoms with Gasteiger partial charge in [0, 0.05) is 65.2 Å². The largest absolute Gasteiger partial charge is 0.354 e. The van der Waals surface area contributed by atoms with Crippen LogP contribution >= 0.6 is 22.6 Å². The van der Waals surface area contributed by atoms with Gasteiger partial charge in [-0.05, 0) is 151 Å². The first-order valence-corrected chi connectivity index (χ1v) is 33.4. The van der Waals surface area contributed by atoms with Crippen LogP contribution in [0, 0.1) is 3.57 Å².